The van der Waals surface area contributed by atoms with Gasteiger partial charge in [-0.05, 0) is 19.3 Å². The summed E-state index contributed by atoms with van der Waals surface area (Å²) in [5.74, 6) is 0.783. The van der Waals surface area contributed by atoms with E-state index in [1.165, 1.54) is 13.0 Å². The van der Waals surface area contributed by atoms with Gasteiger partial charge in [-0.2, -0.15) is 0 Å². The monoisotopic (exact) mass is 184 g/mol. The van der Waals surface area contributed by atoms with Gasteiger partial charge in [0, 0.05) is 31.7 Å². The normalized spacial score (nSPS) is 27.9. The Balaban J connectivity index is 2.55. The van der Waals surface area contributed by atoms with Gasteiger partial charge in [-0.15, -0.1) is 0 Å². The maximum Gasteiger partial charge on any atom is 0.0195 e. The summed E-state index contributed by atoms with van der Waals surface area (Å²) in [6.07, 6.45) is 1.28. The van der Waals surface area contributed by atoms with Gasteiger partial charge >= 0.3 is 0 Å². The average molecular weight is 184 g/mol. The Labute approximate surface area is 82.7 Å². The molecule has 1 saturated heterocycles. The molecule has 1 fully saturated rings. The van der Waals surface area contributed by atoms with Crippen LogP contribution in [0, 0.1) is 5.92 Å². The molecule has 2 unspecified atom stereocenters. The molecule has 0 bridgehead atoms. The van der Waals surface area contributed by atoms with Crippen molar-refractivity contribution in [2.45, 2.75) is 46.2 Å². The molecule has 2 heteroatoms. The van der Waals surface area contributed by atoms with E-state index < -0.39 is 0 Å². The summed E-state index contributed by atoms with van der Waals surface area (Å²) in [4.78, 5) is 2.67. The molecule has 0 amide bonds. The summed E-state index contributed by atoms with van der Waals surface area (Å²) in [5, 5.41) is 3.44. The van der Waals surface area contributed by atoms with Crippen molar-refractivity contribution in [1.82, 2.24) is 10.2 Å². The first-order chi connectivity index (χ1) is 6.16. The van der Waals surface area contributed by atoms with Gasteiger partial charge in [0.2, 0.25) is 0 Å². The molecule has 2 nitrogen and oxygen atoms in total. The van der Waals surface area contributed by atoms with Crippen LogP contribution in [0.2, 0.25) is 0 Å². The number of nitrogens with one attached hydrogen (secondary N) is 1. The van der Waals surface area contributed by atoms with Crippen molar-refractivity contribution < 1.29 is 0 Å². The topological polar surface area (TPSA) is 15.3 Å². The predicted octanol–water partition coefficient (Wildman–Crippen LogP) is 1.71. The first-order valence-electron chi connectivity index (χ1n) is 5.63. The van der Waals surface area contributed by atoms with Crippen LogP contribution in [-0.4, -0.2) is 36.6 Å². The number of hydrogen-bond acceptors (Lipinski definition) is 2. The molecule has 0 aromatic rings. The third-order valence-corrected chi connectivity index (χ3v) is 3.17. The summed E-state index contributed by atoms with van der Waals surface area (Å²) >= 11 is 0. The fraction of sp³-hybridized carbons (Fsp3) is 1.00. The van der Waals surface area contributed by atoms with Crippen LogP contribution in [0.1, 0.15) is 34.1 Å². The van der Waals surface area contributed by atoms with E-state index in [0.717, 1.165) is 25.0 Å². The maximum absolute atomic E-state index is 3.44. The van der Waals surface area contributed by atoms with Crippen LogP contribution < -0.4 is 5.32 Å². The number of piperazine rings is 1. The molecule has 2 atom stereocenters. The lowest BCUT2D eigenvalue weighted by atomic mass is 9.97. The van der Waals surface area contributed by atoms with Crippen molar-refractivity contribution in [1.29, 1.82) is 0 Å². The maximum atomic E-state index is 3.44. The Morgan fingerprint density at radius 3 is 2.62 bits per heavy atom. The van der Waals surface area contributed by atoms with Crippen LogP contribution in [-0.2, 0) is 0 Å². The second-order valence-corrected chi connectivity index (χ2v) is 4.51. The van der Waals surface area contributed by atoms with E-state index in [9.17, 15) is 0 Å². The van der Waals surface area contributed by atoms with Gasteiger partial charge in [-0.3, -0.25) is 4.90 Å². The SMILES string of the molecule is CCC(C(C)C)N1CCNCC1C. The minimum atomic E-state index is 0.709. The van der Waals surface area contributed by atoms with Crippen molar-refractivity contribution in [2.24, 2.45) is 5.92 Å². The molecule has 0 aliphatic carbocycles. The molecular weight excluding hydrogens is 160 g/mol. The zero-order valence-electron chi connectivity index (χ0n) is 9.51. The number of hydrogen-bond donors (Lipinski definition) is 1. The Kier molecular flexibility index (Phi) is 4.20. The van der Waals surface area contributed by atoms with Gasteiger partial charge in [0.15, 0.2) is 0 Å². The number of rotatable bonds is 3. The molecule has 1 aliphatic heterocycles. The lowest BCUT2D eigenvalue weighted by Crippen LogP contribution is -2.55. The first-order valence-corrected chi connectivity index (χ1v) is 5.63. The standard InChI is InChI=1S/C11H24N2/c1-5-11(9(2)3)13-7-6-12-8-10(13)4/h9-12H,5-8H2,1-4H3. The van der Waals surface area contributed by atoms with Crippen molar-refractivity contribution in [3.05, 3.63) is 0 Å². The second-order valence-electron chi connectivity index (χ2n) is 4.51. The Morgan fingerprint density at radius 2 is 2.15 bits per heavy atom. The zero-order valence-corrected chi connectivity index (χ0v) is 9.51. The smallest absolute Gasteiger partial charge is 0.0195 e. The summed E-state index contributed by atoms with van der Waals surface area (Å²) in [6, 6.07) is 1.48. The van der Waals surface area contributed by atoms with Gasteiger partial charge in [-0.25, -0.2) is 0 Å². The third kappa shape index (κ3) is 2.68. The Hall–Kier alpha value is -0.0800. The van der Waals surface area contributed by atoms with Crippen molar-refractivity contribution in [3.63, 3.8) is 0 Å². The molecule has 1 N–H and O–H groups in total. The van der Waals surface area contributed by atoms with Crippen LogP contribution in [0.4, 0.5) is 0 Å². The molecular formula is C11H24N2. The highest BCUT2D eigenvalue weighted by Crippen LogP contribution is 2.18. The van der Waals surface area contributed by atoms with Gasteiger partial charge in [0.05, 0.1) is 0 Å². The summed E-state index contributed by atoms with van der Waals surface area (Å²) < 4.78 is 0. The fourth-order valence-electron chi connectivity index (χ4n) is 2.44. The van der Waals surface area contributed by atoms with Crippen LogP contribution in [0.3, 0.4) is 0 Å². The molecule has 1 rings (SSSR count). The minimum absolute atomic E-state index is 0.709. The fourth-order valence-corrected chi connectivity index (χ4v) is 2.44. The Bertz CT molecular complexity index is 145. The van der Waals surface area contributed by atoms with E-state index in [1.54, 1.807) is 0 Å². The van der Waals surface area contributed by atoms with E-state index in [0.29, 0.717) is 6.04 Å². The highest BCUT2D eigenvalue weighted by molar-refractivity contribution is 4.83. The lowest BCUT2D eigenvalue weighted by molar-refractivity contribution is 0.0853. The van der Waals surface area contributed by atoms with E-state index in [1.807, 2.05) is 0 Å². The molecule has 0 radical (unpaired) electrons. The van der Waals surface area contributed by atoms with Gasteiger partial charge in [0.1, 0.15) is 0 Å². The highest BCUT2D eigenvalue weighted by atomic mass is 15.2. The van der Waals surface area contributed by atoms with Crippen LogP contribution in [0.25, 0.3) is 0 Å². The quantitative estimate of drug-likeness (QED) is 0.718. The summed E-state index contributed by atoms with van der Waals surface area (Å²) in [6.45, 7) is 12.8. The third-order valence-electron chi connectivity index (χ3n) is 3.17. The molecule has 0 aromatic heterocycles. The van der Waals surface area contributed by atoms with E-state index in [-0.39, 0.29) is 0 Å². The van der Waals surface area contributed by atoms with Crippen LogP contribution in [0.15, 0.2) is 0 Å². The summed E-state index contributed by atoms with van der Waals surface area (Å²) in [7, 11) is 0. The van der Waals surface area contributed by atoms with E-state index in [4.69, 9.17) is 0 Å². The molecule has 1 aliphatic rings. The highest BCUT2D eigenvalue weighted by Gasteiger charge is 2.26. The van der Waals surface area contributed by atoms with Crippen molar-refractivity contribution in [2.75, 3.05) is 19.6 Å². The Morgan fingerprint density at radius 1 is 1.46 bits per heavy atom. The molecule has 0 aromatic carbocycles. The largest absolute Gasteiger partial charge is 0.314 e. The van der Waals surface area contributed by atoms with Crippen LogP contribution >= 0.6 is 0 Å². The van der Waals surface area contributed by atoms with Crippen molar-refractivity contribution in [3.8, 4) is 0 Å². The van der Waals surface area contributed by atoms with E-state index >= 15 is 0 Å². The minimum Gasteiger partial charge on any atom is -0.314 e. The first kappa shape index (κ1) is 11.0. The lowest BCUT2D eigenvalue weighted by Gasteiger charge is -2.41. The average Bonchev–Trinajstić information content (AvgIpc) is 2.09. The molecule has 0 spiro atoms. The van der Waals surface area contributed by atoms with Crippen molar-refractivity contribution >= 4 is 0 Å². The predicted molar refractivity (Wildman–Crippen MR) is 58.0 cm³/mol. The van der Waals surface area contributed by atoms with Crippen LogP contribution in [0.5, 0.6) is 0 Å². The summed E-state index contributed by atoms with van der Waals surface area (Å²) in [5.41, 5.74) is 0. The van der Waals surface area contributed by atoms with Gasteiger partial charge in [0.25, 0.3) is 0 Å². The zero-order chi connectivity index (χ0) is 9.84. The molecule has 13 heavy (non-hydrogen) atoms. The van der Waals surface area contributed by atoms with Gasteiger partial charge in [-0.1, -0.05) is 20.8 Å². The molecule has 0 saturated carbocycles. The van der Waals surface area contributed by atoms with E-state index in [2.05, 4.69) is 37.9 Å². The van der Waals surface area contributed by atoms with Gasteiger partial charge < -0.3 is 5.32 Å². The molecule has 1 heterocycles. The number of nitrogens with zero attached hydrogens (tertiary/aromatic N) is 1. The second kappa shape index (κ2) is 4.97. The molecule has 78 valence electrons.